The van der Waals surface area contributed by atoms with Gasteiger partial charge in [0, 0.05) is 5.56 Å². The maximum Gasteiger partial charge on any atom is 0.387 e. The average Bonchev–Trinajstić information content (AvgIpc) is 2.16. The summed E-state index contributed by atoms with van der Waals surface area (Å²) >= 11 is 5.65. The van der Waals surface area contributed by atoms with Crippen molar-refractivity contribution in [3.8, 4) is 5.75 Å². The number of benzene rings is 1. The summed E-state index contributed by atoms with van der Waals surface area (Å²) in [7, 11) is 0. The molecule has 16 heavy (non-hydrogen) atoms. The van der Waals surface area contributed by atoms with E-state index in [2.05, 4.69) is 4.74 Å². The first kappa shape index (κ1) is 12.6. The summed E-state index contributed by atoms with van der Waals surface area (Å²) in [6.45, 7) is -1.84. The zero-order chi connectivity index (χ0) is 12.3. The summed E-state index contributed by atoms with van der Waals surface area (Å²) in [4.78, 5) is 21.7. The van der Waals surface area contributed by atoms with E-state index in [0.29, 0.717) is 6.29 Å². The predicted octanol–water partition coefficient (Wildman–Crippen LogP) is 2.96. The number of Topliss-reactive ketones (excluding diaryl/α,β-unsaturated/α-hetero) is 1. The second-order valence-corrected chi connectivity index (χ2v) is 3.33. The number of ketones is 1. The first-order chi connectivity index (χ1) is 7.45. The largest absolute Gasteiger partial charge is 0.434 e. The highest BCUT2D eigenvalue weighted by molar-refractivity contribution is 6.33. The van der Waals surface area contributed by atoms with Crippen LogP contribution in [0.1, 0.15) is 27.6 Å². The Balaban J connectivity index is 3.30. The molecular formula is C10H7ClF2O3. The summed E-state index contributed by atoms with van der Waals surface area (Å²) < 4.78 is 28.2. The van der Waals surface area contributed by atoms with Crippen molar-refractivity contribution in [3.63, 3.8) is 0 Å². The summed E-state index contributed by atoms with van der Waals surface area (Å²) in [5.41, 5.74) is -0.0989. The molecule has 86 valence electrons. The van der Waals surface area contributed by atoms with E-state index in [1.807, 2.05) is 0 Å². The Hall–Kier alpha value is -1.49. The molecule has 0 heterocycles. The second-order valence-electron chi connectivity index (χ2n) is 2.92. The molecule has 0 atom stereocenters. The van der Waals surface area contributed by atoms with Crippen molar-refractivity contribution >= 4 is 23.7 Å². The van der Waals surface area contributed by atoms with Crippen molar-refractivity contribution < 1.29 is 23.1 Å². The molecule has 0 aromatic heterocycles. The molecular weight excluding hydrogens is 242 g/mol. The minimum atomic E-state index is -3.09. The Morgan fingerprint density at radius 1 is 1.50 bits per heavy atom. The van der Waals surface area contributed by atoms with Gasteiger partial charge in [0.05, 0.1) is 10.6 Å². The van der Waals surface area contributed by atoms with E-state index < -0.39 is 12.4 Å². The number of aldehydes is 1. The lowest BCUT2D eigenvalue weighted by Crippen LogP contribution is -2.06. The molecule has 1 rings (SSSR count). The molecule has 0 N–H and O–H groups in total. The lowest BCUT2D eigenvalue weighted by atomic mass is 10.1. The smallest absolute Gasteiger partial charge is 0.387 e. The Kier molecular flexibility index (Phi) is 3.95. The third kappa shape index (κ3) is 2.76. The van der Waals surface area contributed by atoms with Gasteiger partial charge in [-0.3, -0.25) is 9.59 Å². The number of alkyl halides is 2. The van der Waals surface area contributed by atoms with Crippen LogP contribution in [0.5, 0.6) is 5.75 Å². The van der Waals surface area contributed by atoms with E-state index in [1.54, 1.807) is 0 Å². The van der Waals surface area contributed by atoms with Crippen LogP contribution in [0, 0.1) is 0 Å². The van der Waals surface area contributed by atoms with Crippen molar-refractivity contribution in [1.82, 2.24) is 0 Å². The number of hydrogen-bond acceptors (Lipinski definition) is 3. The fourth-order valence-electron chi connectivity index (χ4n) is 1.10. The number of rotatable bonds is 4. The van der Waals surface area contributed by atoms with Crippen molar-refractivity contribution in [2.75, 3.05) is 0 Å². The van der Waals surface area contributed by atoms with Crippen LogP contribution in [0.3, 0.4) is 0 Å². The van der Waals surface area contributed by atoms with Crippen LogP contribution in [0.25, 0.3) is 0 Å². The summed E-state index contributed by atoms with van der Waals surface area (Å²) in [6.07, 6.45) is 0.296. The molecule has 0 spiro atoms. The molecule has 3 nitrogen and oxygen atoms in total. The lowest BCUT2D eigenvalue weighted by molar-refractivity contribution is -0.0501. The van der Waals surface area contributed by atoms with Crippen LogP contribution in [0.2, 0.25) is 5.02 Å². The number of carbonyl (C=O) groups is 2. The molecule has 1 aromatic rings. The molecule has 0 aliphatic rings. The van der Waals surface area contributed by atoms with E-state index in [4.69, 9.17) is 11.6 Å². The van der Waals surface area contributed by atoms with Gasteiger partial charge in [-0.15, -0.1) is 0 Å². The van der Waals surface area contributed by atoms with E-state index in [0.717, 1.165) is 6.07 Å². The Labute approximate surface area is 95.0 Å². The van der Waals surface area contributed by atoms with Crippen LogP contribution in [0.15, 0.2) is 12.1 Å². The maximum absolute atomic E-state index is 12.0. The van der Waals surface area contributed by atoms with Crippen LogP contribution in [0.4, 0.5) is 8.78 Å². The number of carbonyl (C=O) groups excluding carboxylic acids is 2. The topological polar surface area (TPSA) is 43.4 Å². The quantitative estimate of drug-likeness (QED) is 0.608. The maximum atomic E-state index is 12.0. The van der Waals surface area contributed by atoms with Gasteiger partial charge in [0.1, 0.15) is 5.75 Å². The first-order valence-corrected chi connectivity index (χ1v) is 4.58. The summed E-state index contributed by atoms with van der Waals surface area (Å²) in [5, 5.41) is -0.0987. The van der Waals surface area contributed by atoms with Crippen molar-refractivity contribution in [1.29, 1.82) is 0 Å². The Morgan fingerprint density at radius 3 is 2.56 bits per heavy atom. The zero-order valence-corrected chi connectivity index (χ0v) is 8.92. The van der Waals surface area contributed by atoms with Gasteiger partial charge >= 0.3 is 6.61 Å². The van der Waals surface area contributed by atoms with Gasteiger partial charge in [-0.2, -0.15) is 8.78 Å². The van der Waals surface area contributed by atoms with E-state index in [-0.39, 0.29) is 21.9 Å². The van der Waals surface area contributed by atoms with Gasteiger partial charge in [-0.25, -0.2) is 0 Å². The summed E-state index contributed by atoms with van der Waals surface area (Å²) in [6, 6.07) is 2.29. The van der Waals surface area contributed by atoms with Gasteiger partial charge in [0.15, 0.2) is 12.1 Å². The molecule has 6 heteroatoms. The Bertz CT molecular complexity index is 432. The minimum absolute atomic E-state index is 0.0987. The van der Waals surface area contributed by atoms with E-state index in [1.165, 1.54) is 13.0 Å². The SMILES string of the molecule is CC(=O)c1cc(Cl)c(C=O)c(OC(F)F)c1. The standard InChI is InChI=1S/C10H7ClF2O3/c1-5(15)6-2-8(11)7(4-14)9(3-6)16-10(12)13/h2-4,10H,1H3. The highest BCUT2D eigenvalue weighted by Gasteiger charge is 2.15. The molecule has 0 bridgehead atoms. The van der Waals surface area contributed by atoms with Crippen molar-refractivity contribution in [3.05, 3.63) is 28.3 Å². The highest BCUT2D eigenvalue weighted by atomic mass is 35.5. The molecule has 0 radical (unpaired) electrons. The average molecular weight is 249 g/mol. The van der Waals surface area contributed by atoms with Crippen molar-refractivity contribution in [2.45, 2.75) is 13.5 Å². The summed E-state index contributed by atoms with van der Waals surface area (Å²) in [5.74, 6) is -0.763. The number of ether oxygens (including phenoxy) is 1. The van der Waals surface area contributed by atoms with Gasteiger partial charge < -0.3 is 4.74 Å². The fourth-order valence-corrected chi connectivity index (χ4v) is 1.36. The molecule has 0 saturated heterocycles. The van der Waals surface area contributed by atoms with E-state index in [9.17, 15) is 18.4 Å². The molecule has 0 aliphatic heterocycles. The molecule has 1 aromatic carbocycles. The molecule has 0 unspecified atom stereocenters. The second kappa shape index (κ2) is 5.03. The number of hydrogen-bond donors (Lipinski definition) is 0. The van der Waals surface area contributed by atoms with Gasteiger partial charge in [0.25, 0.3) is 0 Å². The van der Waals surface area contributed by atoms with Gasteiger partial charge in [0.2, 0.25) is 0 Å². The minimum Gasteiger partial charge on any atom is -0.434 e. The molecule has 0 aliphatic carbocycles. The van der Waals surface area contributed by atoms with Crippen LogP contribution < -0.4 is 4.74 Å². The molecule has 0 fully saturated rings. The number of halogens is 3. The third-order valence-electron chi connectivity index (χ3n) is 1.83. The van der Waals surface area contributed by atoms with Crippen LogP contribution >= 0.6 is 11.6 Å². The zero-order valence-electron chi connectivity index (χ0n) is 8.17. The van der Waals surface area contributed by atoms with Crippen LogP contribution in [-0.2, 0) is 0 Å². The Morgan fingerprint density at radius 2 is 2.12 bits per heavy atom. The van der Waals surface area contributed by atoms with Crippen LogP contribution in [-0.4, -0.2) is 18.7 Å². The van der Waals surface area contributed by atoms with Crippen molar-refractivity contribution in [2.24, 2.45) is 0 Å². The lowest BCUT2D eigenvalue weighted by Gasteiger charge is -2.09. The third-order valence-corrected chi connectivity index (χ3v) is 2.14. The highest BCUT2D eigenvalue weighted by Crippen LogP contribution is 2.28. The first-order valence-electron chi connectivity index (χ1n) is 4.20. The molecule has 0 saturated carbocycles. The van der Waals surface area contributed by atoms with Gasteiger partial charge in [-0.05, 0) is 19.1 Å². The van der Waals surface area contributed by atoms with Gasteiger partial charge in [-0.1, -0.05) is 11.6 Å². The monoisotopic (exact) mass is 248 g/mol. The molecule has 0 amide bonds. The predicted molar refractivity (Wildman–Crippen MR) is 53.5 cm³/mol. The van der Waals surface area contributed by atoms with E-state index >= 15 is 0 Å². The normalized spacial score (nSPS) is 10.3. The fraction of sp³-hybridized carbons (Fsp3) is 0.200.